The van der Waals surface area contributed by atoms with Crippen LogP contribution in [0.15, 0.2) is 4.42 Å². The SMILES string of the molecule is Cc1nnc(CN2C[C@@H]3C[C@H](C2)[C@H](C(=O)N2CCSCC2)N2C(=O)CCC[C@@H]32)o1. The molecule has 4 atom stereocenters. The van der Waals surface area contributed by atoms with Gasteiger partial charge in [-0.05, 0) is 25.2 Å². The third kappa shape index (κ3) is 3.67. The van der Waals surface area contributed by atoms with Gasteiger partial charge in [-0.2, -0.15) is 11.8 Å². The van der Waals surface area contributed by atoms with Crippen molar-refractivity contribution in [2.45, 2.75) is 51.2 Å². The third-order valence-electron chi connectivity index (χ3n) is 6.92. The topological polar surface area (TPSA) is 82.8 Å². The lowest BCUT2D eigenvalue weighted by molar-refractivity contribution is -0.165. The van der Waals surface area contributed by atoms with Crippen LogP contribution in [0.1, 0.15) is 37.5 Å². The number of amides is 2. The zero-order chi connectivity index (χ0) is 20.0. The van der Waals surface area contributed by atoms with Gasteiger partial charge in [-0.25, -0.2) is 0 Å². The number of aromatic nitrogens is 2. The van der Waals surface area contributed by atoms with Crippen LogP contribution in [0, 0.1) is 18.8 Å². The summed E-state index contributed by atoms with van der Waals surface area (Å²) in [5.41, 5.74) is 0. The van der Waals surface area contributed by atoms with Crippen molar-refractivity contribution in [1.29, 1.82) is 0 Å². The highest BCUT2D eigenvalue weighted by molar-refractivity contribution is 7.99. The summed E-state index contributed by atoms with van der Waals surface area (Å²) >= 11 is 1.90. The van der Waals surface area contributed by atoms with Gasteiger partial charge in [0.05, 0.1) is 6.54 Å². The third-order valence-corrected chi connectivity index (χ3v) is 7.86. The standard InChI is InChI=1S/C20H29N5O3S/c1-13-21-22-17(28-13)12-23-10-14-9-15(11-23)19(20(27)24-5-7-29-8-6-24)25-16(14)3-2-4-18(25)26/h14-16,19H,2-12H2,1H3/t14-,15+,16-,19+/m0/s1. The van der Waals surface area contributed by atoms with Gasteiger partial charge in [-0.3, -0.25) is 14.5 Å². The molecule has 9 heteroatoms. The molecular weight excluding hydrogens is 390 g/mol. The Morgan fingerprint density at radius 1 is 1.21 bits per heavy atom. The second-order valence-electron chi connectivity index (χ2n) is 8.81. The first-order valence-electron chi connectivity index (χ1n) is 10.8. The van der Waals surface area contributed by atoms with Crippen LogP contribution in [0.3, 0.4) is 0 Å². The number of piperidine rings is 3. The fourth-order valence-electron chi connectivity index (χ4n) is 5.76. The minimum atomic E-state index is -0.306. The maximum Gasteiger partial charge on any atom is 0.245 e. The molecule has 4 fully saturated rings. The number of likely N-dealkylation sites (tertiary alicyclic amines) is 1. The van der Waals surface area contributed by atoms with Crippen LogP contribution in [-0.4, -0.2) is 86.5 Å². The average molecular weight is 420 g/mol. The fourth-order valence-corrected chi connectivity index (χ4v) is 6.67. The Bertz CT molecular complexity index is 780. The maximum absolute atomic E-state index is 13.6. The monoisotopic (exact) mass is 419 g/mol. The molecule has 5 heterocycles. The van der Waals surface area contributed by atoms with E-state index in [-0.39, 0.29) is 29.8 Å². The first-order chi connectivity index (χ1) is 14.1. The van der Waals surface area contributed by atoms with Crippen LogP contribution < -0.4 is 0 Å². The van der Waals surface area contributed by atoms with Gasteiger partial charge < -0.3 is 14.2 Å². The van der Waals surface area contributed by atoms with Crippen molar-refractivity contribution in [3.63, 3.8) is 0 Å². The molecule has 0 spiro atoms. The second kappa shape index (κ2) is 7.91. The number of thioether (sulfide) groups is 1. The maximum atomic E-state index is 13.6. The molecule has 4 aliphatic rings. The van der Waals surface area contributed by atoms with E-state index in [1.807, 2.05) is 21.6 Å². The number of aryl methyl sites for hydroxylation is 1. The van der Waals surface area contributed by atoms with Crippen molar-refractivity contribution < 1.29 is 14.0 Å². The van der Waals surface area contributed by atoms with Crippen LogP contribution in [-0.2, 0) is 16.1 Å². The Balaban J connectivity index is 1.40. The lowest BCUT2D eigenvalue weighted by atomic mass is 9.71. The Kier molecular flexibility index (Phi) is 5.28. The number of carbonyl (C=O) groups is 2. The van der Waals surface area contributed by atoms with E-state index in [1.54, 1.807) is 6.92 Å². The molecule has 5 rings (SSSR count). The van der Waals surface area contributed by atoms with Gasteiger partial charge >= 0.3 is 0 Å². The van der Waals surface area contributed by atoms with Gasteiger partial charge in [-0.1, -0.05) is 0 Å². The summed E-state index contributed by atoms with van der Waals surface area (Å²) < 4.78 is 5.60. The van der Waals surface area contributed by atoms with E-state index < -0.39 is 0 Å². The number of rotatable bonds is 3. The van der Waals surface area contributed by atoms with Gasteiger partial charge in [0.1, 0.15) is 6.04 Å². The molecule has 0 saturated carbocycles. The molecule has 8 nitrogen and oxygen atoms in total. The largest absolute Gasteiger partial charge is 0.424 e. The first kappa shape index (κ1) is 19.4. The highest BCUT2D eigenvalue weighted by Crippen LogP contribution is 2.42. The summed E-state index contributed by atoms with van der Waals surface area (Å²) in [5, 5.41) is 8.10. The van der Waals surface area contributed by atoms with Crippen molar-refractivity contribution in [2.24, 2.45) is 11.8 Å². The van der Waals surface area contributed by atoms with E-state index >= 15 is 0 Å². The van der Waals surface area contributed by atoms with Crippen LogP contribution >= 0.6 is 11.8 Å². The van der Waals surface area contributed by atoms with Crippen LogP contribution in [0.4, 0.5) is 0 Å². The second-order valence-corrected chi connectivity index (χ2v) is 10.0. The fraction of sp³-hybridized carbons (Fsp3) is 0.800. The zero-order valence-electron chi connectivity index (χ0n) is 17.0. The zero-order valence-corrected chi connectivity index (χ0v) is 17.8. The summed E-state index contributed by atoms with van der Waals surface area (Å²) in [5.74, 6) is 4.15. The predicted molar refractivity (Wildman–Crippen MR) is 108 cm³/mol. The van der Waals surface area contributed by atoms with Crippen molar-refractivity contribution in [1.82, 2.24) is 24.9 Å². The molecule has 0 aliphatic carbocycles. The first-order valence-corrected chi connectivity index (χ1v) is 11.9. The molecule has 1 aromatic rings. The van der Waals surface area contributed by atoms with Crippen molar-refractivity contribution in [2.75, 3.05) is 37.7 Å². The minimum absolute atomic E-state index is 0.171. The Morgan fingerprint density at radius 3 is 2.76 bits per heavy atom. The normalized spacial score (nSPS) is 32.9. The molecule has 0 N–H and O–H groups in total. The summed E-state index contributed by atoms with van der Waals surface area (Å²) in [6.45, 7) is 5.75. The van der Waals surface area contributed by atoms with Gasteiger partial charge in [0.15, 0.2) is 0 Å². The molecule has 4 saturated heterocycles. The predicted octanol–water partition coefficient (Wildman–Crippen LogP) is 1.15. The quantitative estimate of drug-likeness (QED) is 0.727. The summed E-state index contributed by atoms with van der Waals surface area (Å²) in [6.07, 6.45) is 3.56. The van der Waals surface area contributed by atoms with Crippen LogP contribution in [0.2, 0.25) is 0 Å². The van der Waals surface area contributed by atoms with E-state index in [1.165, 1.54) is 0 Å². The van der Waals surface area contributed by atoms with Crippen molar-refractivity contribution >= 4 is 23.6 Å². The molecule has 0 radical (unpaired) electrons. The van der Waals surface area contributed by atoms with E-state index in [4.69, 9.17) is 4.42 Å². The van der Waals surface area contributed by atoms with Crippen LogP contribution in [0.5, 0.6) is 0 Å². The van der Waals surface area contributed by atoms with Gasteiger partial charge in [0.25, 0.3) is 0 Å². The van der Waals surface area contributed by atoms with Crippen LogP contribution in [0.25, 0.3) is 0 Å². The highest BCUT2D eigenvalue weighted by Gasteiger charge is 2.52. The summed E-state index contributed by atoms with van der Waals surface area (Å²) in [4.78, 5) is 32.9. The molecule has 2 amide bonds. The van der Waals surface area contributed by atoms with Gasteiger partial charge in [-0.15, -0.1) is 10.2 Å². The molecule has 1 aromatic heterocycles. The minimum Gasteiger partial charge on any atom is -0.424 e. The Morgan fingerprint density at radius 2 is 2.00 bits per heavy atom. The molecule has 2 bridgehead atoms. The van der Waals surface area contributed by atoms with Gasteiger partial charge in [0.2, 0.25) is 23.6 Å². The van der Waals surface area contributed by atoms with E-state index in [2.05, 4.69) is 15.1 Å². The molecular formula is C20H29N5O3S. The number of hydrogen-bond acceptors (Lipinski definition) is 7. The number of nitrogens with zero attached hydrogens (tertiary/aromatic N) is 5. The lowest BCUT2D eigenvalue weighted by Gasteiger charge is -2.56. The number of carbonyl (C=O) groups excluding carboxylic acids is 2. The van der Waals surface area contributed by atoms with Gasteiger partial charge in [0, 0.05) is 63.0 Å². The number of fused-ring (bicyclic) bond motifs is 4. The van der Waals surface area contributed by atoms with E-state index in [0.717, 1.165) is 56.9 Å². The van der Waals surface area contributed by atoms with E-state index in [0.29, 0.717) is 30.7 Å². The lowest BCUT2D eigenvalue weighted by Crippen LogP contribution is -2.68. The Labute approximate surface area is 175 Å². The van der Waals surface area contributed by atoms with E-state index in [9.17, 15) is 9.59 Å². The summed E-state index contributed by atoms with van der Waals surface area (Å²) in [7, 11) is 0. The highest BCUT2D eigenvalue weighted by atomic mass is 32.2. The van der Waals surface area contributed by atoms with Crippen molar-refractivity contribution in [3.8, 4) is 0 Å². The molecule has 0 aromatic carbocycles. The Hall–Kier alpha value is -1.61. The molecule has 29 heavy (non-hydrogen) atoms. The molecule has 0 unspecified atom stereocenters. The molecule has 158 valence electrons. The average Bonchev–Trinajstić information content (AvgIpc) is 3.13. The smallest absolute Gasteiger partial charge is 0.245 e. The summed E-state index contributed by atoms with van der Waals surface area (Å²) in [6, 6.07) is -0.118. The van der Waals surface area contributed by atoms with Crippen molar-refractivity contribution in [3.05, 3.63) is 11.8 Å². The molecule has 4 aliphatic heterocycles. The number of hydrogen-bond donors (Lipinski definition) is 0.